The number of rotatable bonds is 39. The third-order valence-corrected chi connectivity index (χ3v) is 14.1. The van der Waals surface area contributed by atoms with Gasteiger partial charge in [0.2, 0.25) is 0 Å². The number of esters is 2. The van der Waals surface area contributed by atoms with Crippen LogP contribution in [-0.4, -0.2) is 112 Å². The zero-order chi connectivity index (χ0) is 56.1. The van der Waals surface area contributed by atoms with Crippen LogP contribution >= 0.6 is 8.69 Å². The summed E-state index contributed by atoms with van der Waals surface area (Å²) in [6.07, 6.45) is 24.4. The van der Waals surface area contributed by atoms with E-state index in [1.54, 1.807) is 28.0 Å². The molecule has 1 fully saturated rings. The molecule has 1 saturated carbocycles. The minimum Gasteiger partial charge on any atom is -0.462 e. The number of ketones is 2. The molecule has 1 aromatic heterocycles. The first-order valence-corrected chi connectivity index (χ1v) is 28.5. The quantitative estimate of drug-likeness (QED) is 0.00598. The minimum atomic E-state index is -0.341. The number of hydrogen-bond donors (Lipinski definition) is 5. The van der Waals surface area contributed by atoms with Gasteiger partial charge in [0.1, 0.15) is 25.2 Å². The summed E-state index contributed by atoms with van der Waals surface area (Å²) in [4.78, 5) is 60.8. The number of Topliss-reactive ketones (excluding diaryl/α,β-unsaturated/α-hetero) is 2. The first kappa shape index (κ1) is 68.3. The van der Waals surface area contributed by atoms with E-state index < -0.39 is 0 Å². The molecule has 0 bridgehead atoms. The van der Waals surface area contributed by atoms with Crippen LogP contribution in [0.1, 0.15) is 206 Å². The fraction of sp³-hybridized carbons (Fsp3) is 0.882. The zero-order valence-corrected chi connectivity index (χ0v) is 47.2. The van der Waals surface area contributed by atoms with Gasteiger partial charge in [-0.3, -0.25) is 19.2 Å². The molecule has 0 radical (unpaired) electrons. The number of nitrogens with zero attached hydrogens (tertiary/aromatic N) is 8. The Bertz CT molecular complexity index is 1760. The lowest BCUT2D eigenvalue weighted by Crippen LogP contribution is -2.24. The van der Waals surface area contributed by atoms with Crippen molar-refractivity contribution < 1.29 is 54.7 Å². The van der Waals surface area contributed by atoms with Crippen LogP contribution < -0.4 is 5.39 Å². The summed E-state index contributed by atoms with van der Waals surface area (Å²) in [5.41, 5.74) is 20.0. The third-order valence-electron chi connectivity index (χ3n) is 13.5. The normalized spacial score (nSPS) is 17.1. The van der Waals surface area contributed by atoms with E-state index in [1.807, 2.05) is 10.3 Å². The Morgan fingerprint density at radius 3 is 1.66 bits per heavy atom. The Balaban J connectivity index is 0.00000129. The lowest BCUT2D eigenvalue weighted by molar-refractivity contribution is -0.154. The summed E-state index contributed by atoms with van der Waals surface area (Å²) >= 11 is 0. The van der Waals surface area contributed by atoms with E-state index in [0.717, 1.165) is 160 Å². The van der Waals surface area contributed by atoms with Crippen molar-refractivity contribution in [3.05, 3.63) is 32.3 Å². The van der Waals surface area contributed by atoms with E-state index in [2.05, 4.69) is 44.4 Å². The molecule has 3 rings (SSSR count). The number of carbonyl (C=O) groups is 4. The van der Waals surface area contributed by atoms with Crippen molar-refractivity contribution in [2.24, 2.45) is 22.9 Å². The van der Waals surface area contributed by atoms with Crippen LogP contribution in [0, 0.1) is 23.3 Å². The van der Waals surface area contributed by atoms with Gasteiger partial charge in [-0.25, -0.2) is 10.1 Å². The number of aliphatic hydroxyl groups is 1. The molecule has 1 unspecified atom stereocenters. The number of unbranched alkanes of at least 4 members (excludes halogenated alkanes) is 12. The molecule has 5 N–H and O–H groups in total. The van der Waals surface area contributed by atoms with Gasteiger partial charge in [0, 0.05) is 51.7 Å². The standard InChI is InChI=1S/C30H51N3O5.C20H37N3O4.CH7BNO2P.HN3/c1-4-5-9-12-23(37-3)20-30(36)38-24(19-22(2)35)13-10-7-6-8-11-18-33-29-17-15-26-25(27(26)21-34)14-16-28(29)31-32-33;1-4-5-9-12-18(26-3)16-20(25)27-19(15-17(2)24)13-10-7-6-8-11-14-22-23-21;1-2(3-4)6-5;1-3-2/h23-27,34H,4-21H2,1-3H3;18-19H,4-16H2,1-3H3;3-6H,1H3;1H/t23-,24-,25+,26-,27+;18-,19-;;/m11../s1/i/hD. The van der Waals surface area contributed by atoms with Crippen molar-refractivity contribution in [1.29, 1.82) is 5.52 Å². The first-order chi connectivity index (χ1) is 36.2. The van der Waals surface area contributed by atoms with Crippen LogP contribution in [0.25, 0.3) is 20.9 Å². The maximum atomic E-state index is 12.5. The molecule has 0 aromatic carbocycles. The van der Waals surface area contributed by atoms with Gasteiger partial charge in [-0.15, -0.1) is 10.6 Å². The van der Waals surface area contributed by atoms with E-state index in [0.29, 0.717) is 37.3 Å². The van der Waals surface area contributed by atoms with E-state index in [-0.39, 0.29) is 88.9 Å². The monoisotopic (exact) mass is 1070 g/mol. The van der Waals surface area contributed by atoms with Gasteiger partial charge in [-0.05, 0) is 133 Å². The molecule has 1 heterocycles. The summed E-state index contributed by atoms with van der Waals surface area (Å²) < 4.78 is 29.9. The lowest BCUT2D eigenvalue weighted by Gasteiger charge is -2.19. The van der Waals surface area contributed by atoms with Crippen LogP contribution in [0.15, 0.2) is 5.11 Å². The number of carbonyl (C=O) groups excluding carboxylic acids is 4. The summed E-state index contributed by atoms with van der Waals surface area (Å²) in [5, 5.41) is 31.8. The van der Waals surface area contributed by atoms with Crippen LogP contribution in [0.4, 0.5) is 0 Å². The summed E-state index contributed by atoms with van der Waals surface area (Å²) in [7, 11) is 3.04. The number of aryl methyl sites for hydroxylation is 2. The minimum absolute atomic E-state index is 0.0356. The van der Waals surface area contributed by atoms with Gasteiger partial charge >= 0.3 is 18.5 Å². The zero-order valence-electron chi connectivity index (χ0n) is 47.2. The van der Waals surface area contributed by atoms with Crippen molar-refractivity contribution in [2.75, 3.05) is 27.4 Å². The number of nitrogens with one attached hydrogen (secondary N) is 2. The van der Waals surface area contributed by atoms with Crippen LogP contribution in [0.5, 0.6) is 0 Å². The summed E-state index contributed by atoms with van der Waals surface area (Å²) in [6.45, 7) is 10.7. The van der Waals surface area contributed by atoms with Gasteiger partial charge in [0.05, 0.1) is 36.4 Å². The van der Waals surface area contributed by atoms with Crippen molar-refractivity contribution in [2.45, 2.75) is 245 Å². The summed E-state index contributed by atoms with van der Waals surface area (Å²) in [5.74, 6) is 1.45. The largest absolute Gasteiger partial charge is 0.462 e. The smallest absolute Gasteiger partial charge is 0.308 e. The van der Waals surface area contributed by atoms with Crippen molar-refractivity contribution in [1.82, 2.24) is 20.4 Å². The van der Waals surface area contributed by atoms with Gasteiger partial charge in [-0.2, -0.15) is 0 Å². The SMILES string of the molecule is CB(NO)PO.CCCCC[C@H](CC(=O)O[C@H](CCCCCCCN=[N+]=[N-])CC(C)=O)OC.CCCCC[C@H](CC(=O)O[C@H](CCCCCCCn1nnc2c1CC[C@H]1[C@@H](CO)[C@H]1CC2)CC(C)=O)OC.[2H]N=[N+]=[N-]. The first-order valence-electron chi connectivity index (χ1n) is 27.9. The number of hydrogen-bond acceptors (Lipinski definition) is 16. The predicted octanol–water partition coefficient (Wildman–Crippen LogP) is 11.3. The third kappa shape index (κ3) is 35.5. The highest BCUT2D eigenvalue weighted by Gasteiger charge is 2.49. The number of methoxy groups -OCH3 is 2. The Labute approximate surface area is 445 Å². The Morgan fingerprint density at radius 1 is 0.784 bits per heavy atom. The van der Waals surface area contributed by atoms with Crippen LogP contribution in [-0.2, 0) is 57.5 Å². The highest BCUT2D eigenvalue weighted by Crippen LogP contribution is 2.52. The van der Waals surface area contributed by atoms with E-state index in [4.69, 9.17) is 41.5 Å². The fourth-order valence-electron chi connectivity index (χ4n) is 9.33. The number of ether oxygens (including phenoxy) is 4. The van der Waals surface area contributed by atoms with Gasteiger partial charge in [0.15, 0.2) is 0 Å². The second-order valence-corrected chi connectivity index (χ2v) is 20.9. The highest BCUT2D eigenvalue weighted by molar-refractivity contribution is 7.70. The molecule has 1 aromatic rings. The molecule has 424 valence electrons. The fourth-order valence-corrected chi connectivity index (χ4v) is 9.39. The molecule has 21 nitrogen and oxygen atoms in total. The van der Waals surface area contributed by atoms with Crippen LogP contribution in [0.3, 0.4) is 0 Å². The molecule has 8 atom stereocenters. The number of azide groups is 2. The van der Waals surface area contributed by atoms with Gasteiger partial charge < -0.3 is 34.2 Å². The van der Waals surface area contributed by atoms with E-state index in [9.17, 15) is 24.3 Å². The average Bonchev–Trinajstić information content (AvgIpc) is 3.92. The molecule has 0 saturated heterocycles. The summed E-state index contributed by atoms with van der Waals surface area (Å²) in [6, 6.07) is 0. The molecule has 74 heavy (non-hydrogen) atoms. The van der Waals surface area contributed by atoms with Crippen LogP contribution in [0.2, 0.25) is 8.23 Å². The molecule has 23 heteroatoms. The number of aromatic nitrogens is 3. The highest BCUT2D eigenvalue weighted by atomic mass is 31.1. The molecule has 2 aliphatic rings. The molecule has 0 spiro atoms. The lowest BCUT2D eigenvalue weighted by atomic mass is 10.0. The number of aliphatic hydroxyl groups excluding tert-OH is 1. The molecular weight excluding hydrogens is 970 g/mol. The Hall–Kier alpha value is -3.71. The van der Waals surface area contributed by atoms with Crippen molar-refractivity contribution >= 4 is 38.8 Å². The number of fused-ring (bicyclic) bond motifs is 2. The molecular formula is C51H96BN10O11P. The topological polar surface area (TPSA) is 318 Å². The predicted molar refractivity (Wildman–Crippen MR) is 290 cm³/mol. The molecule has 0 amide bonds. The van der Waals surface area contributed by atoms with Crippen molar-refractivity contribution in [3.63, 3.8) is 0 Å². The van der Waals surface area contributed by atoms with E-state index >= 15 is 0 Å². The van der Waals surface area contributed by atoms with Gasteiger partial charge in [0.25, 0.3) is 0 Å². The van der Waals surface area contributed by atoms with Gasteiger partial charge in [-0.1, -0.05) is 108 Å². The van der Waals surface area contributed by atoms with Crippen molar-refractivity contribution in [3.8, 4) is 0 Å². The Kier molecular flexibility index (Phi) is 43.0. The average molecular weight is 1070 g/mol. The maximum absolute atomic E-state index is 12.5. The molecule has 0 aliphatic heterocycles. The Morgan fingerprint density at radius 2 is 1.24 bits per heavy atom. The maximum Gasteiger partial charge on any atom is 0.308 e. The molecule has 2 aliphatic carbocycles. The second-order valence-electron chi connectivity index (χ2n) is 19.7. The van der Waals surface area contributed by atoms with E-state index in [1.165, 1.54) is 12.6 Å². The second kappa shape index (κ2) is 46.6.